The molecule has 1 saturated heterocycles. The second-order valence-corrected chi connectivity index (χ2v) is 6.48. The van der Waals surface area contributed by atoms with Gasteiger partial charge in [-0.2, -0.15) is 0 Å². The van der Waals surface area contributed by atoms with Gasteiger partial charge >= 0.3 is 0 Å². The van der Waals surface area contributed by atoms with Gasteiger partial charge < -0.3 is 4.52 Å². The van der Waals surface area contributed by atoms with Crippen LogP contribution >= 0.6 is 8.30 Å². The lowest BCUT2D eigenvalue weighted by Crippen LogP contribution is -1.97. The minimum Gasteiger partial charge on any atom is -0.458 e. The fourth-order valence-corrected chi connectivity index (χ4v) is 3.67. The van der Waals surface area contributed by atoms with Gasteiger partial charge in [0.25, 0.3) is 5.69 Å². The predicted molar refractivity (Wildman–Crippen MR) is 82.5 cm³/mol. The molecule has 6 heteroatoms. The Bertz CT molecular complexity index is 633. The van der Waals surface area contributed by atoms with Crippen LogP contribution in [0.2, 0.25) is 0 Å². The Morgan fingerprint density at radius 2 is 1.86 bits per heavy atom. The fourth-order valence-electron chi connectivity index (χ4n) is 2.23. The molecule has 0 bridgehead atoms. The van der Waals surface area contributed by atoms with Crippen molar-refractivity contribution in [2.75, 3.05) is 13.2 Å². The number of hydrogen-bond acceptors (Lipinski definition) is 4. The van der Waals surface area contributed by atoms with Gasteiger partial charge in [-0.1, -0.05) is 30.3 Å². The highest BCUT2D eigenvalue weighted by Gasteiger charge is 2.40. The lowest BCUT2D eigenvalue weighted by atomic mass is 10.2. The molecular formula is C15H15N2O3P. The zero-order valence-corrected chi connectivity index (χ0v) is 12.4. The van der Waals surface area contributed by atoms with E-state index in [1.165, 1.54) is 17.7 Å². The highest BCUT2D eigenvalue weighted by atomic mass is 31.2. The molecular weight excluding hydrogens is 287 g/mol. The van der Waals surface area contributed by atoms with Crippen molar-refractivity contribution in [1.29, 1.82) is 0 Å². The zero-order valence-electron chi connectivity index (χ0n) is 11.5. The minimum atomic E-state index is -0.729. The van der Waals surface area contributed by atoms with Crippen molar-refractivity contribution in [3.05, 3.63) is 70.3 Å². The molecule has 0 N–H and O–H groups in total. The summed E-state index contributed by atoms with van der Waals surface area (Å²) in [5.74, 6) is 0.674. The average Bonchev–Trinajstić information content (AvgIpc) is 3.29. The second kappa shape index (κ2) is 5.80. The number of non-ortho nitro benzene ring substituents is 1. The van der Waals surface area contributed by atoms with Gasteiger partial charge in [0.1, 0.15) is 5.75 Å². The van der Waals surface area contributed by atoms with Crippen LogP contribution in [0, 0.1) is 10.1 Å². The van der Waals surface area contributed by atoms with E-state index in [0.29, 0.717) is 11.8 Å². The molecule has 3 atom stereocenters. The van der Waals surface area contributed by atoms with Gasteiger partial charge in [0.15, 0.2) is 8.30 Å². The number of rotatable bonds is 5. The predicted octanol–water partition coefficient (Wildman–Crippen LogP) is 3.97. The highest BCUT2D eigenvalue weighted by molar-refractivity contribution is 7.49. The molecule has 0 radical (unpaired) electrons. The summed E-state index contributed by atoms with van der Waals surface area (Å²) in [5, 5.41) is 10.6. The third-order valence-corrected chi connectivity index (χ3v) is 5.06. The molecule has 1 fully saturated rings. The second-order valence-electron chi connectivity index (χ2n) is 4.86. The van der Waals surface area contributed by atoms with E-state index < -0.39 is 13.2 Å². The van der Waals surface area contributed by atoms with Crippen molar-refractivity contribution in [2.24, 2.45) is 0 Å². The lowest BCUT2D eigenvalue weighted by molar-refractivity contribution is -0.384. The molecule has 0 aliphatic carbocycles. The van der Waals surface area contributed by atoms with Crippen LogP contribution in [0.3, 0.4) is 0 Å². The molecule has 1 aliphatic rings. The van der Waals surface area contributed by atoms with Crippen LogP contribution in [0.5, 0.6) is 5.75 Å². The first-order valence-electron chi connectivity index (χ1n) is 6.63. The van der Waals surface area contributed by atoms with E-state index in [4.69, 9.17) is 4.52 Å². The Morgan fingerprint density at radius 3 is 2.48 bits per heavy atom. The van der Waals surface area contributed by atoms with E-state index in [-0.39, 0.29) is 5.69 Å². The first-order valence-corrected chi connectivity index (χ1v) is 8.29. The average molecular weight is 302 g/mol. The Morgan fingerprint density at radius 1 is 1.19 bits per heavy atom. The number of hydrogen-bond donors (Lipinski definition) is 0. The number of benzene rings is 2. The Hall–Kier alpha value is -1.97. The van der Waals surface area contributed by atoms with Crippen LogP contribution in [0.1, 0.15) is 11.6 Å². The maximum Gasteiger partial charge on any atom is 0.269 e. The molecule has 2 aromatic carbocycles. The molecule has 108 valence electrons. The maximum atomic E-state index is 10.6. The van der Waals surface area contributed by atoms with Crippen LogP contribution < -0.4 is 4.52 Å². The number of nitro benzene ring substituents is 1. The Kier molecular flexibility index (Phi) is 3.86. The summed E-state index contributed by atoms with van der Waals surface area (Å²) in [5.41, 5.74) is 1.39. The number of nitro groups is 1. The first kappa shape index (κ1) is 14.0. The molecule has 1 aliphatic heterocycles. The topological polar surface area (TPSA) is 55.4 Å². The van der Waals surface area contributed by atoms with E-state index in [2.05, 4.69) is 23.5 Å². The summed E-state index contributed by atoms with van der Waals surface area (Å²) in [7, 11) is -0.729. The van der Waals surface area contributed by atoms with Gasteiger partial charge in [0, 0.05) is 25.3 Å². The van der Waals surface area contributed by atoms with Crippen LogP contribution in [0.4, 0.5) is 5.69 Å². The standard InChI is InChI=1S/C15H15N2O3P/c1-21(16-11-15(16)12-5-3-2-4-6-12)20-14-9-7-13(8-10-14)17(18)19/h2-10,15H,11H2,1H3. The summed E-state index contributed by atoms with van der Waals surface area (Å²) in [6, 6.07) is 17.0. The summed E-state index contributed by atoms with van der Waals surface area (Å²) >= 11 is 0. The molecule has 0 spiro atoms. The summed E-state index contributed by atoms with van der Waals surface area (Å²) in [6.45, 7) is 3.05. The van der Waals surface area contributed by atoms with Gasteiger partial charge in [0.05, 0.1) is 11.0 Å². The van der Waals surface area contributed by atoms with Crippen molar-refractivity contribution >= 4 is 14.0 Å². The third kappa shape index (κ3) is 3.20. The summed E-state index contributed by atoms with van der Waals surface area (Å²) in [4.78, 5) is 10.2. The van der Waals surface area contributed by atoms with Crippen LogP contribution in [-0.4, -0.2) is 22.8 Å². The van der Waals surface area contributed by atoms with Crippen LogP contribution in [0.25, 0.3) is 0 Å². The normalized spacial score (nSPS) is 21.6. The molecule has 0 saturated carbocycles. The fraction of sp³-hybridized carbons (Fsp3) is 0.200. The molecule has 0 amide bonds. The molecule has 2 aromatic rings. The van der Waals surface area contributed by atoms with Crippen molar-refractivity contribution in [3.8, 4) is 5.75 Å². The van der Waals surface area contributed by atoms with Crippen molar-refractivity contribution in [2.45, 2.75) is 6.04 Å². The highest BCUT2D eigenvalue weighted by Crippen LogP contribution is 2.53. The van der Waals surface area contributed by atoms with Crippen LogP contribution in [-0.2, 0) is 0 Å². The lowest BCUT2D eigenvalue weighted by Gasteiger charge is -2.15. The molecule has 5 nitrogen and oxygen atoms in total. The molecule has 21 heavy (non-hydrogen) atoms. The monoisotopic (exact) mass is 302 g/mol. The Balaban J connectivity index is 1.60. The quantitative estimate of drug-likeness (QED) is 0.363. The van der Waals surface area contributed by atoms with Crippen molar-refractivity contribution in [3.63, 3.8) is 0 Å². The van der Waals surface area contributed by atoms with E-state index in [0.717, 1.165) is 6.54 Å². The van der Waals surface area contributed by atoms with Crippen molar-refractivity contribution in [1.82, 2.24) is 4.67 Å². The van der Waals surface area contributed by atoms with Gasteiger partial charge in [0.2, 0.25) is 0 Å². The SMILES string of the molecule is CP(Oc1ccc([N+](=O)[O-])cc1)N1CC1c1ccccc1. The smallest absolute Gasteiger partial charge is 0.269 e. The molecule has 3 unspecified atom stereocenters. The van der Waals surface area contributed by atoms with E-state index in [1.807, 2.05) is 18.2 Å². The van der Waals surface area contributed by atoms with Crippen molar-refractivity contribution < 1.29 is 9.45 Å². The van der Waals surface area contributed by atoms with Gasteiger partial charge in [-0.05, 0) is 17.7 Å². The van der Waals surface area contributed by atoms with E-state index in [9.17, 15) is 10.1 Å². The van der Waals surface area contributed by atoms with E-state index in [1.54, 1.807) is 12.1 Å². The molecule has 0 aromatic heterocycles. The molecule has 1 heterocycles. The molecule has 3 rings (SSSR count). The first-order chi connectivity index (χ1) is 10.1. The number of nitrogens with zero attached hydrogens (tertiary/aromatic N) is 2. The van der Waals surface area contributed by atoms with Gasteiger partial charge in [-0.3, -0.25) is 10.1 Å². The zero-order chi connectivity index (χ0) is 14.8. The van der Waals surface area contributed by atoms with Crippen LogP contribution in [0.15, 0.2) is 54.6 Å². The summed E-state index contributed by atoms with van der Waals surface area (Å²) < 4.78 is 8.19. The minimum absolute atomic E-state index is 0.0803. The Labute approximate surface area is 124 Å². The third-order valence-electron chi connectivity index (χ3n) is 3.42. The largest absolute Gasteiger partial charge is 0.458 e. The summed E-state index contributed by atoms with van der Waals surface area (Å²) in [6.07, 6.45) is 0. The van der Waals surface area contributed by atoms with E-state index >= 15 is 0 Å². The maximum absolute atomic E-state index is 10.6. The van der Waals surface area contributed by atoms with Gasteiger partial charge in [-0.15, -0.1) is 0 Å². The van der Waals surface area contributed by atoms with Gasteiger partial charge in [-0.25, -0.2) is 4.67 Å².